The number of benzene rings is 1. The van der Waals surface area contributed by atoms with Crippen molar-refractivity contribution in [3.05, 3.63) is 29.8 Å². The molecule has 3 rings (SSSR count). The molecule has 0 aliphatic carbocycles. The van der Waals surface area contributed by atoms with Gasteiger partial charge in [-0.15, -0.1) is 0 Å². The molecule has 2 saturated heterocycles. The first kappa shape index (κ1) is 20.8. The number of hydrogen-bond donors (Lipinski definition) is 2. The van der Waals surface area contributed by atoms with Gasteiger partial charge < -0.3 is 15.4 Å². The Kier molecular flexibility index (Phi) is 6.69. The lowest BCUT2D eigenvalue weighted by molar-refractivity contribution is -0.120. The molecule has 1 aromatic carbocycles. The second kappa shape index (κ2) is 9.02. The molecular weight excluding hydrogens is 382 g/mol. The molecule has 2 aliphatic rings. The zero-order chi connectivity index (χ0) is 20.1. The van der Waals surface area contributed by atoms with Crippen LogP contribution in [0.15, 0.2) is 24.3 Å². The van der Waals surface area contributed by atoms with E-state index in [1.807, 2.05) is 0 Å². The summed E-state index contributed by atoms with van der Waals surface area (Å²) in [4.78, 5) is 25.3. The van der Waals surface area contributed by atoms with Crippen molar-refractivity contribution in [1.29, 1.82) is 0 Å². The Morgan fingerprint density at radius 2 is 2.00 bits per heavy atom. The first-order valence-corrected chi connectivity index (χ1v) is 11.4. The van der Waals surface area contributed by atoms with Crippen molar-refractivity contribution in [3.8, 4) is 0 Å². The zero-order valence-electron chi connectivity index (χ0n) is 16.0. The molecule has 2 N–H and O–H groups in total. The quantitative estimate of drug-likeness (QED) is 0.735. The molecule has 0 aromatic heterocycles. The number of anilines is 1. The highest BCUT2D eigenvalue weighted by Gasteiger charge is 2.30. The lowest BCUT2D eigenvalue weighted by Gasteiger charge is -2.30. The van der Waals surface area contributed by atoms with E-state index in [1.54, 1.807) is 24.3 Å². The summed E-state index contributed by atoms with van der Waals surface area (Å²) >= 11 is 0. The first-order chi connectivity index (χ1) is 13.3. The Hall–Kier alpha value is -1.97. The van der Waals surface area contributed by atoms with Crippen LogP contribution >= 0.6 is 0 Å². The lowest BCUT2D eigenvalue weighted by atomic mass is 9.98. The maximum Gasteiger partial charge on any atom is 0.253 e. The molecule has 2 aliphatic heterocycles. The van der Waals surface area contributed by atoms with E-state index in [1.165, 1.54) is 4.31 Å². The summed E-state index contributed by atoms with van der Waals surface area (Å²) in [6.45, 7) is 1.76. The molecule has 28 heavy (non-hydrogen) atoms. The molecule has 0 bridgehead atoms. The molecule has 0 spiro atoms. The van der Waals surface area contributed by atoms with Crippen LogP contribution in [0.1, 0.15) is 36.0 Å². The third kappa shape index (κ3) is 5.30. The van der Waals surface area contributed by atoms with Gasteiger partial charge in [0.1, 0.15) is 0 Å². The largest absolute Gasteiger partial charge is 0.376 e. The van der Waals surface area contributed by atoms with Gasteiger partial charge in [-0.3, -0.25) is 9.59 Å². The fourth-order valence-corrected chi connectivity index (χ4v) is 4.50. The van der Waals surface area contributed by atoms with Crippen molar-refractivity contribution in [2.75, 3.05) is 37.8 Å². The highest BCUT2D eigenvalue weighted by atomic mass is 32.2. The highest BCUT2D eigenvalue weighted by Crippen LogP contribution is 2.22. The normalized spacial score (nSPS) is 23.3. The van der Waals surface area contributed by atoms with Gasteiger partial charge in [0.2, 0.25) is 15.9 Å². The Morgan fingerprint density at radius 1 is 1.21 bits per heavy atom. The maximum atomic E-state index is 12.7. The fraction of sp³-hybridized carbons (Fsp3) is 0.579. The SMILES string of the molecule is CS(=O)(=O)N1CCC[C@@H](C(=O)Nc2ccccc2C(=O)NC[C@H]2CCCO2)C1. The first-order valence-electron chi connectivity index (χ1n) is 9.59. The van der Waals surface area contributed by atoms with E-state index in [4.69, 9.17) is 4.74 Å². The van der Waals surface area contributed by atoms with E-state index in [2.05, 4.69) is 10.6 Å². The number of carbonyl (C=O) groups is 2. The van der Waals surface area contributed by atoms with Gasteiger partial charge in [0.15, 0.2) is 0 Å². The summed E-state index contributed by atoms with van der Waals surface area (Å²) in [5.74, 6) is -0.980. The second-order valence-corrected chi connectivity index (χ2v) is 9.32. The summed E-state index contributed by atoms with van der Waals surface area (Å²) in [6.07, 6.45) is 4.37. The summed E-state index contributed by atoms with van der Waals surface area (Å²) in [7, 11) is -3.32. The van der Waals surface area contributed by atoms with Crippen molar-refractivity contribution in [2.45, 2.75) is 31.8 Å². The lowest BCUT2D eigenvalue weighted by Crippen LogP contribution is -2.43. The molecule has 1 aromatic rings. The smallest absolute Gasteiger partial charge is 0.253 e. The molecule has 2 amide bonds. The van der Waals surface area contributed by atoms with Crippen LogP contribution in [0.5, 0.6) is 0 Å². The van der Waals surface area contributed by atoms with Gasteiger partial charge in [-0.1, -0.05) is 12.1 Å². The topological polar surface area (TPSA) is 105 Å². The van der Waals surface area contributed by atoms with Crippen LogP contribution in [0.2, 0.25) is 0 Å². The Bertz CT molecular complexity index is 821. The number of hydrogen-bond acceptors (Lipinski definition) is 5. The third-order valence-corrected chi connectivity index (χ3v) is 6.44. The van der Waals surface area contributed by atoms with Crippen LogP contribution < -0.4 is 10.6 Å². The minimum Gasteiger partial charge on any atom is -0.376 e. The third-order valence-electron chi connectivity index (χ3n) is 5.17. The minimum atomic E-state index is -3.32. The van der Waals surface area contributed by atoms with Crippen LogP contribution in [0, 0.1) is 5.92 Å². The van der Waals surface area contributed by atoms with Gasteiger partial charge >= 0.3 is 0 Å². The molecule has 8 nitrogen and oxygen atoms in total. The molecule has 0 radical (unpaired) electrons. The van der Waals surface area contributed by atoms with E-state index < -0.39 is 15.9 Å². The van der Waals surface area contributed by atoms with Gasteiger partial charge in [0.25, 0.3) is 5.91 Å². The zero-order valence-corrected chi connectivity index (χ0v) is 16.8. The predicted molar refractivity (Wildman–Crippen MR) is 106 cm³/mol. The van der Waals surface area contributed by atoms with Crippen LogP contribution in [-0.2, 0) is 19.6 Å². The van der Waals surface area contributed by atoms with E-state index in [-0.39, 0.29) is 24.5 Å². The number of nitrogens with one attached hydrogen (secondary N) is 2. The second-order valence-electron chi connectivity index (χ2n) is 7.34. The van der Waals surface area contributed by atoms with Crippen molar-refractivity contribution < 1.29 is 22.7 Å². The van der Waals surface area contributed by atoms with Crippen LogP contribution in [-0.4, -0.2) is 63.1 Å². The van der Waals surface area contributed by atoms with Gasteiger partial charge in [-0.2, -0.15) is 0 Å². The Labute approximate surface area is 165 Å². The number of amides is 2. The molecule has 0 saturated carbocycles. The molecule has 2 heterocycles. The minimum absolute atomic E-state index is 0.0370. The van der Waals surface area contributed by atoms with Gasteiger partial charge in [0, 0.05) is 26.2 Å². The van der Waals surface area contributed by atoms with Gasteiger partial charge in [-0.25, -0.2) is 12.7 Å². The number of para-hydroxylation sites is 1. The molecule has 2 fully saturated rings. The molecule has 0 unspecified atom stereocenters. The summed E-state index contributed by atoms with van der Waals surface area (Å²) in [5, 5.41) is 5.67. The average molecular weight is 410 g/mol. The Balaban J connectivity index is 1.63. The van der Waals surface area contributed by atoms with Crippen LogP contribution in [0.3, 0.4) is 0 Å². The van der Waals surface area contributed by atoms with Crippen LogP contribution in [0.25, 0.3) is 0 Å². The monoisotopic (exact) mass is 409 g/mol. The van der Waals surface area contributed by atoms with Gasteiger partial charge in [-0.05, 0) is 37.8 Å². The summed E-state index contributed by atoms with van der Waals surface area (Å²) in [6, 6.07) is 6.82. The van der Waals surface area contributed by atoms with E-state index in [9.17, 15) is 18.0 Å². The number of carbonyl (C=O) groups excluding carboxylic acids is 2. The molecular formula is C19H27N3O5S. The molecule has 9 heteroatoms. The Morgan fingerprint density at radius 3 is 2.71 bits per heavy atom. The molecule has 2 atom stereocenters. The standard InChI is InChI=1S/C19H27N3O5S/c1-28(25,26)22-10-4-6-14(13-22)18(23)21-17-9-3-2-8-16(17)19(24)20-12-15-7-5-11-27-15/h2-3,8-9,14-15H,4-7,10-13H2,1H3,(H,20,24)(H,21,23)/t14-,15-/m1/s1. The van der Waals surface area contributed by atoms with Gasteiger partial charge in [0.05, 0.1) is 29.5 Å². The van der Waals surface area contributed by atoms with Crippen molar-refractivity contribution in [3.63, 3.8) is 0 Å². The number of piperidine rings is 1. The predicted octanol–water partition coefficient (Wildman–Crippen LogP) is 1.21. The average Bonchev–Trinajstić information content (AvgIpc) is 3.19. The molecule has 154 valence electrons. The number of nitrogens with zero attached hydrogens (tertiary/aromatic N) is 1. The maximum absolute atomic E-state index is 12.7. The number of sulfonamides is 1. The van der Waals surface area contributed by atoms with Crippen molar-refractivity contribution in [2.24, 2.45) is 5.92 Å². The van der Waals surface area contributed by atoms with Crippen LogP contribution in [0.4, 0.5) is 5.69 Å². The van der Waals surface area contributed by atoms with E-state index in [0.29, 0.717) is 37.2 Å². The van der Waals surface area contributed by atoms with Crippen molar-refractivity contribution in [1.82, 2.24) is 9.62 Å². The number of rotatable bonds is 6. The summed E-state index contributed by atoms with van der Waals surface area (Å²) in [5.41, 5.74) is 0.804. The van der Waals surface area contributed by atoms with E-state index >= 15 is 0 Å². The van der Waals surface area contributed by atoms with E-state index in [0.717, 1.165) is 25.7 Å². The van der Waals surface area contributed by atoms with Crippen molar-refractivity contribution >= 4 is 27.5 Å². The highest BCUT2D eigenvalue weighted by molar-refractivity contribution is 7.88. The fourth-order valence-electron chi connectivity index (χ4n) is 3.59. The summed E-state index contributed by atoms with van der Waals surface area (Å²) < 4.78 is 30.4. The number of ether oxygens (including phenoxy) is 1.